The minimum Gasteiger partial charge on any atom is -0.444 e. The molecule has 6 heteroatoms. The summed E-state index contributed by atoms with van der Waals surface area (Å²) in [4.78, 5) is 26.8. The second-order valence-corrected chi connectivity index (χ2v) is 6.96. The Hall–Kier alpha value is -2.08. The first-order valence-electron chi connectivity index (χ1n) is 8.21. The zero-order valence-corrected chi connectivity index (χ0v) is 14.7. The van der Waals surface area contributed by atoms with Gasteiger partial charge in [-0.05, 0) is 33.3 Å². The predicted octanol–water partition coefficient (Wildman–Crippen LogP) is 2.50. The molecule has 0 spiro atoms. The van der Waals surface area contributed by atoms with Gasteiger partial charge in [0, 0.05) is 13.1 Å². The van der Waals surface area contributed by atoms with Crippen molar-refractivity contribution in [3.05, 3.63) is 35.9 Å². The molecule has 1 saturated heterocycles. The van der Waals surface area contributed by atoms with Gasteiger partial charge in [0.2, 0.25) is 5.91 Å². The lowest BCUT2D eigenvalue weighted by Crippen LogP contribution is -2.50. The summed E-state index contributed by atoms with van der Waals surface area (Å²) in [5.74, 6) is -0.151. The molecule has 2 rings (SSSR count). The molecule has 2 amide bonds. The summed E-state index contributed by atoms with van der Waals surface area (Å²) in [6.07, 6.45) is -0.619. The molecular formula is C18H26N2O4. The van der Waals surface area contributed by atoms with Gasteiger partial charge in [-0.1, -0.05) is 30.3 Å². The van der Waals surface area contributed by atoms with Gasteiger partial charge in [-0.25, -0.2) is 4.79 Å². The van der Waals surface area contributed by atoms with Gasteiger partial charge in [-0.2, -0.15) is 0 Å². The number of nitrogens with zero attached hydrogens (tertiary/aromatic N) is 1. The van der Waals surface area contributed by atoms with Crippen molar-refractivity contribution in [3.8, 4) is 0 Å². The topological polar surface area (TPSA) is 67.9 Å². The maximum absolute atomic E-state index is 12.9. The highest BCUT2D eigenvalue weighted by Gasteiger charge is 2.31. The second-order valence-electron chi connectivity index (χ2n) is 6.96. The summed E-state index contributed by atoms with van der Waals surface area (Å²) in [6, 6.07) is 8.43. The Morgan fingerprint density at radius 2 is 1.96 bits per heavy atom. The molecule has 0 saturated carbocycles. The van der Waals surface area contributed by atoms with E-state index in [1.165, 1.54) is 0 Å². The number of carbonyl (C=O) groups is 2. The van der Waals surface area contributed by atoms with E-state index in [1.807, 2.05) is 37.3 Å². The van der Waals surface area contributed by atoms with Crippen LogP contribution in [0.2, 0.25) is 0 Å². The van der Waals surface area contributed by atoms with E-state index in [2.05, 4.69) is 5.32 Å². The number of rotatable bonds is 3. The van der Waals surface area contributed by atoms with Crippen LogP contribution in [-0.4, -0.2) is 48.3 Å². The molecule has 1 aromatic rings. The lowest BCUT2D eigenvalue weighted by molar-refractivity contribution is -0.140. The number of nitrogens with one attached hydrogen (secondary N) is 1. The molecule has 1 N–H and O–H groups in total. The summed E-state index contributed by atoms with van der Waals surface area (Å²) in [5, 5.41) is 2.71. The van der Waals surface area contributed by atoms with E-state index in [1.54, 1.807) is 25.7 Å². The van der Waals surface area contributed by atoms with E-state index in [4.69, 9.17) is 9.47 Å². The van der Waals surface area contributed by atoms with Crippen molar-refractivity contribution in [3.63, 3.8) is 0 Å². The van der Waals surface area contributed by atoms with E-state index >= 15 is 0 Å². The third-order valence-corrected chi connectivity index (χ3v) is 3.59. The van der Waals surface area contributed by atoms with E-state index in [0.29, 0.717) is 19.7 Å². The quantitative estimate of drug-likeness (QED) is 0.922. The van der Waals surface area contributed by atoms with Crippen molar-refractivity contribution >= 4 is 12.0 Å². The van der Waals surface area contributed by atoms with Gasteiger partial charge in [-0.15, -0.1) is 0 Å². The number of hydrogen-bond donors (Lipinski definition) is 1. The van der Waals surface area contributed by atoms with Gasteiger partial charge >= 0.3 is 6.09 Å². The van der Waals surface area contributed by atoms with Crippen LogP contribution in [0, 0.1) is 0 Å². The number of morpholine rings is 1. The molecule has 0 bridgehead atoms. The van der Waals surface area contributed by atoms with Crippen molar-refractivity contribution < 1.29 is 19.1 Å². The number of amides is 2. The van der Waals surface area contributed by atoms with Crippen LogP contribution in [0.1, 0.15) is 39.3 Å². The van der Waals surface area contributed by atoms with Gasteiger partial charge < -0.3 is 19.7 Å². The Morgan fingerprint density at radius 3 is 2.54 bits per heavy atom. The van der Waals surface area contributed by atoms with Crippen LogP contribution in [0.15, 0.2) is 30.3 Å². The smallest absolute Gasteiger partial charge is 0.408 e. The van der Waals surface area contributed by atoms with Gasteiger partial charge in [0.25, 0.3) is 0 Å². The number of benzene rings is 1. The highest BCUT2D eigenvalue weighted by molar-refractivity contribution is 5.87. The van der Waals surface area contributed by atoms with Crippen LogP contribution >= 0.6 is 0 Å². The molecule has 0 radical (unpaired) electrons. The predicted molar refractivity (Wildman–Crippen MR) is 90.5 cm³/mol. The minimum absolute atomic E-state index is 0.0133. The molecular weight excluding hydrogens is 308 g/mol. The minimum atomic E-state index is -0.772. The molecule has 1 aliphatic heterocycles. The van der Waals surface area contributed by atoms with Crippen LogP contribution in [-0.2, 0) is 14.3 Å². The maximum atomic E-state index is 12.9. The fourth-order valence-corrected chi connectivity index (χ4v) is 2.56. The summed E-state index contributed by atoms with van der Waals surface area (Å²) in [7, 11) is 0. The van der Waals surface area contributed by atoms with Crippen LogP contribution in [0.25, 0.3) is 0 Å². The van der Waals surface area contributed by atoms with Crippen molar-refractivity contribution in [2.75, 3.05) is 19.7 Å². The monoisotopic (exact) mass is 334 g/mol. The standard InChI is InChI=1S/C18H26N2O4/c1-13-12-20(10-11-23-13)16(21)15(14-8-6-5-7-9-14)19-17(22)24-18(2,3)4/h5-9,13,15H,10-12H2,1-4H3,(H,19,22). The Bertz CT molecular complexity index is 568. The first kappa shape index (κ1) is 18.3. The third kappa shape index (κ3) is 5.23. The van der Waals surface area contributed by atoms with E-state index in [9.17, 15) is 9.59 Å². The Morgan fingerprint density at radius 1 is 1.29 bits per heavy atom. The summed E-state index contributed by atoms with van der Waals surface area (Å²) in [5.41, 5.74) is 0.106. The fraction of sp³-hybridized carbons (Fsp3) is 0.556. The lowest BCUT2D eigenvalue weighted by Gasteiger charge is -2.34. The van der Waals surface area contributed by atoms with Gasteiger partial charge in [0.05, 0.1) is 12.7 Å². The van der Waals surface area contributed by atoms with Crippen molar-refractivity contribution in [1.82, 2.24) is 10.2 Å². The van der Waals surface area contributed by atoms with E-state index in [-0.39, 0.29) is 12.0 Å². The average Bonchev–Trinajstić information content (AvgIpc) is 2.51. The number of carbonyl (C=O) groups excluding carboxylic acids is 2. The summed E-state index contributed by atoms with van der Waals surface area (Å²) in [6.45, 7) is 8.82. The highest BCUT2D eigenvalue weighted by Crippen LogP contribution is 2.19. The molecule has 1 aromatic carbocycles. The van der Waals surface area contributed by atoms with Crippen LogP contribution in [0.4, 0.5) is 4.79 Å². The maximum Gasteiger partial charge on any atom is 0.408 e. The Kier molecular flexibility index (Phi) is 5.83. The zero-order chi connectivity index (χ0) is 17.7. The van der Waals surface area contributed by atoms with Crippen LogP contribution in [0.5, 0.6) is 0 Å². The average molecular weight is 334 g/mol. The molecule has 0 aliphatic carbocycles. The zero-order valence-electron chi connectivity index (χ0n) is 14.7. The molecule has 0 aromatic heterocycles. The van der Waals surface area contributed by atoms with E-state index in [0.717, 1.165) is 5.56 Å². The largest absolute Gasteiger partial charge is 0.444 e. The number of hydrogen-bond acceptors (Lipinski definition) is 4. The SMILES string of the molecule is CC1CN(C(=O)C(NC(=O)OC(C)(C)C)c2ccccc2)CCO1. The molecule has 1 aliphatic rings. The summed E-state index contributed by atoms with van der Waals surface area (Å²) >= 11 is 0. The fourth-order valence-electron chi connectivity index (χ4n) is 2.56. The number of ether oxygens (including phenoxy) is 2. The van der Waals surface area contributed by atoms with Crippen molar-refractivity contribution in [1.29, 1.82) is 0 Å². The molecule has 6 nitrogen and oxygen atoms in total. The van der Waals surface area contributed by atoms with Gasteiger partial charge in [0.15, 0.2) is 0 Å². The van der Waals surface area contributed by atoms with Crippen LogP contribution < -0.4 is 5.32 Å². The first-order chi connectivity index (χ1) is 11.3. The van der Waals surface area contributed by atoms with Gasteiger partial charge in [0.1, 0.15) is 11.6 Å². The van der Waals surface area contributed by atoms with Gasteiger partial charge in [-0.3, -0.25) is 4.79 Å². The number of alkyl carbamates (subject to hydrolysis) is 1. The first-order valence-corrected chi connectivity index (χ1v) is 8.21. The Balaban J connectivity index is 2.17. The molecule has 2 unspecified atom stereocenters. The third-order valence-electron chi connectivity index (χ3n) is 3.59. The molecule has 132 valence electrons. The Labute approximate surface area is 143 Å². The second kappa shape index (κ2) is 7.66. The lowest BCUT2D eigenvalue weighted by atomic mass is 10.1. The normalized spacial score (nSPS) is 19.5. The summed E-state index contributed by atoms with van der Waals surface area (Å²) < 4.78 is 10.8. The van der Waals surface area contributed by atoms with Crippen molar-refractivity contribution in [2.45, 2.75) is 45.4 Å². The van der Waals surface area contributed by atoms with Crippen LogP contribution in [0.3, 0.4) is 0 Å². The molecule has 24 heavy (non-hydrogen) atoms. The van der Waals surface area contributed by atoms with Crippen molar-refractivity contribution in [2.24, 2.45) is 0 Å². The highest BCUT2D eigenvalue weighted by atomic mass is 16.6. The molecule has 1 fully saturated rings. The molecule has 1 heterocycles. The molecule has 2 atom stereocenters. The van der Waals surface area contributed by atoms with E-state index < -0.39 is 17.7 Å².